The van der Waals surface area contributed by atoms with Crippen molar-refractivity contribution in [3.05, 3.63) is 47.0 Å². The summed E-state index contributed by atoms with van der Waals surface area (Å²) in [6.07, 6.45) is 0.813. The number of fused-ring (bicyclic) bond motifs is 3. The van der Waals surface area contributed by atoms with Crippen LogP contribution >= 0.6 is 11.3 Å². The Hall–Kier alpha value is -2.73. The fraction of sp³-hybridized carbons (Fsp3) is 0.286. The zero-order valence-corrected chi connectivity index (χ0v) is 16.4. The molecule has 0 aliphatic carbocycles. The van der Waals surface area contributed by atoms with E-state index in [9.17, 15) is 4.79 Å². The Bertz CT molecular complexity index is 988. The molecule has 0 unspecified atom stereocenters. The molecule has 6 heteroatoms. The van der Waals surface area contributed by atoms with E-state index in [0.717, 1.165) is 40.4 Å². The predicted molar refractivity (Wildman–Crippen MR) is 106 cm³/mol. The summed E-state index contributed by atoms with van der Waals surface area (Å²) in [5.74, 6) is 1.12. The fourth-order valence-electron chi connectivity index (χ4n) is 3.65. The zero-order valence-electron chi connectivity index (χ0n) is 15.6. The molecule has 2 aromatic heterocycles. The topological polar surface area (TPSA) is 49.7 Å². The highest BCUT2D eigenvalue weighted by Gasteiger charge is 2.28. The van der Waals surface area contributed by atoms with E-state index in [1.54, 1.807) is 25.6 Å². The third-order valence-electron chi connectivity index (χ3n) is 4.84. The molecule has 0 bridgehead atoms. The summed E-state index contributed by atoms with van der Waals surface area (Å²) in [5.41, 5.74) is 4.92. The summed E-state index contributed by atoms with van der Waals surface area (Å²) in [7, 11) is 3.28. The Morgan fingerprint density at radius 1 is 1.15 bits per heavy atom. The van der Waals surface area contributed by atoms with Crippen molar-refractivity contribution in [1.82, 2.24) is 4.57 Å². The van der Waals surface area contributed by atoms with Crippen molar-refractivity contribution in [2.24, 2.45) is 0 Å². The van der Waals surface area contributed by atoms with Gasteiger partial charge in [0.1, 0.15) is 5.69 Å². The third kappa shape index (κ3) is 2.90. The monoisotopic (exact) mass is 383 g/mol. The van der Waals surface area contributed by atoms with Crippen molar-refractivity contribution in [1.29, 1.82) is 0 Å². The number of thiophene rings is 1. The van der Waals surface area contributed by atoms with Gasteiger partial charge >= 0.3 is 5.97 Å². The van der Waals surface area contributed by atoms with Crippen molar-refractivity contribution in [2.45, 2.75) is 19.9 Å². The van der Waals surface area contributed by atoms with Crippen LogP contribution in [-0.4, -0.2) is 31.4 Å². The molecule has 140 valence electrons. The minimum atomic E-state index is -0.287. The number of hydrogen-bond donors (Lipinski definition) is 0. The molecular formula is C21H21NO4S. The standard InChI is InChI=1S/C21H21NO4S/c1-4-26-21(23)16-11-15(19-6-5-9-27-19)20-14-12-18(25-3)17(24-2)10-13(14)7-8-22(16)20/h5-6,9-12H,4,7-8H2,1-3H3. The highest BCUT2D eigenvalue weighted by molar-refractivity contribution is 7.13. The van der Waals surface area contributed by atoms with Gasteiger partial charge < -0.3 is 18.8 Å². The molecule has 5 nitrogen and oxygen atoms in total. The van der Waals surface area contributed by atoms with Gasteiger partial charge in [-0.3, -0.25) is 0 Å². The molecule has 0 fully saturated rings. The quantitative estimate of drug-likeness (QED) is 0.603. The Morgan fingerprint density at radius 2 is 1.93 bits per heavy atom. The van der Waals surface area contributed by atoms with Gasteiger partial charge in [0.2, 0.25) is 0 Å². The molecule has 3 heterocycles. The minimum Gasteiger partial charge on any atom is -0.493 e. The lowest BCUT2D eigenvalue weighted by atomic mass is 9.95. The molecule has 0 radical (unpaired) electrons. The number of benzene rings is 1. The number of carbonyl (C=O) groups is 1. The van der Waals surface area contributed by atoms with E-state index in [1.807, 2.05) is 36.6 Å². The second kappa shape index (κ2) is 7.12. The summed E-state index contributed by atoms with van der Waals surface area (Å²) in [6.45, 7) is 2.90. The lowest BCUT2D eigenvalue weighted by Crippen LogP contribution is -2.17. The van der Waals surface area contributed by atoms with Gasteiger partial charge in [-0.15, -0.1) is 11.3 Å². The molecule has 0 saturated heterocycles. The maximum atomic E-state index is 12.6. The van der Waals surface area contributed by atoms with Gasteiger partial charge in [0.25, 0.3) is 0 Å². The van der Waals surface area contributed by atoms with E-state index >= 15 is 0 Å². The normalized spacial score (nSPS) is 12.3. The molecule has 4 rings (SSSR count). The number of esters is 1. The van der Waals surface area contributed by atoms with Crippen molar-refractivity contribution in [3.8, 4) is 33.2 Å². The van der Waals surface area contributed by atoms with Gasteiger partial charge in [-0.2, -0.15) is 0 Å². The van der Waals surface area contributed by atoms with E-state index in [4.69, 9.17) is 14.2 Å². The van der Waals surface area contributed by atoms with Crippen molar-refractivity contribution >= 4 is 17.3 Å². The summed E-state index contributed by atoms with van der Waals surface area (Å²) < 4.78 is 18.3. The van der Waals surface area contributed by atoms with Crippen LogP contribution < -0.4 is 9.47 Å². The van der Waals surface area contributed by atoms with Crippen LogP contribution in [0.1, 0.15) is 23.0 Å². The molecule has 1 aliphatic heterocycles. The van der Waals surface area contributed by atoms with Crippen LogP contribution in [0.2, 0.25) is 0 Å². The largest absolute Gasteiger partial charge is 0.493 e. The van der Waals surface area contributed by atoms with Crippen molar-refractivity contribution in [2.75, 3.05) is 20.8 Å². The molecule has 27 heavy (non-hydrogen) atoms. The molecule has 1 aromatic carbocycles. The van der Waals surface area contributed by atoms with Gasteiger partial charge in [0.05, 0.1) is 26.5 Å². The number of carbonyl (C=O) groups excluding carboxylic acids is 1. The first-order valence-corrected chi connectivity index (χ1v) is 9.75. The van der Waals surface area contributed by atoms with E-state index in [2.05, 4.69) is 10.6 Å². The Kier molecular flexibility index (Phi) is 4.66. The molecule has 0 spiro atoms. The third-order valence-corrected chi connectivity index (χ3v) is 5.74. The summed E-state index contributed by atoms with van der Waals surface area (Å²) in [5, 5.41) is 2.04. The second-order valence-corrected chi connectivity index (χ2v) is 7.20. The number of hydrogen-bond acceptors (Lipinski definition) is 5. The average molecular weight is 383 g/mol. The highest BCUT2D eigenvalue weighted by Crippen LogP contribution is 2.45. The molecule has 0 saturated carbocycles. The molecule has 0 atom stereocenters. The predicted octanol–water partition coefficient (Wildman–Crippen LogP) is 4.63. The maximum absolute atomic E-state index is 12.6. The number of ether oxygens (including phenoxy) is 3. The van der Waals surface area contributed by atoms with Crippen LogP contribution in [-0.2, 0) is 17.7 Å². The van der Waals surface area contributed by atoms with Crippen molar-refractivity contribution < 1.29 is 19.0 Å². The SMILES string of the molecule is CCOC(=O)c1cc(-c2cccs2)c2n1CCc1cc(OC)c(OC)cc1-2. The lowest BCUT2D eigenvalue weighted by molar-refractivity contribution is 0.0514. The van der Waals surface area contributed by atoms with Gasteiger partial charge in [0.15, 0.2) is 11.5 Å². The van der Waals surface area contributed by atoms with Crippen LogP contribution in [0.3, 0.4) is 0 Å². The van der Waals surface area contributed by atoms with E-state index < -0.39 is 0 Å². The molecule has 0 amide bonds. The molecule has 0 N–H and O–H groups in total. The number of aromatic nitrogens is 1. The Labute approximate surface area is 162 Å². The highest BCUT2D eigenvalue weighted by atomic mass is 32.1. The van der Waals surface area contributed by atoms with E-state index in [-0.39, 0.29) is 5.97 Å². The lowest BCUT2D eigenvalue weighted by Gasteiger charge is -2.23. The molecular weight excluding hydrogens is 362 g/mol. The Balaban J connectivity index is 1.97. The van der Waals surface area contributed by atoms with Crippen LogP contribution in [0.5, 0.6) is 11.5 Å². The van der Waals surface area contributed by atoms with Crippen LogP contribution in [0, 0.1) is 0 Å². The first-order valence-electron chi connectivity index (χ1n) is 8.87. The average Bonchev–Trinajstić information content (AvgIpc) is 3.34. The van der Waals surface area contributed by atoms with E-state index in [0.29, 0.717) is 18.1 Å². The van der Waals surface area contributed by atoms with Crippen LogP contribution in [0.25, 0.3) is 21.7 Å². The van der Waals surface area contributed by atoms with E-state index in [1.165, 1.54) is 5.56 Å². The number of rotatable bonds is 5. The fourth-order valence-corrected chi connectivity index (χ4v) is 4.39. The minimum absolute atomic E-state index is 0.287. The molecule has 1 aliphatic rings. The molecule has 3 aromatic rings. The van der Waals surface area contributed by atoms with Gasteiger partial charge in [-0.05, 0) is 48.6 Å². The van der Waals surface area contributed by atoms with Crippen LogP contribution in [0.15, 0.2) is 35.7 Å². The van der Waals surface area contributed by atoms with Gasteiger partial charge in [0, 0.05) is 22.5 Å². The Morgan fingerprint density at radius 3 is 2.59 bits per heavy atom. The smallest absolute Gasteiger partial charge is 0.354 e. The summed E-state index contributed by atoms with van der Waals surface area (Å²) in [6, 6.07) is 10.1. The van der Waals surface area contributed by atoms with Crippen LogP contribution in [0.4, 0.5) is 0 Å². The zero-order chi connectivity index (χ0) is 19.0. The van der Waals surface area contributed by atoms with Crippen molar-refractivity contribution in [3.63, 3.8) is 0 Å². The maximum Gasteiger partial charge on any atom is 0.354 e. The first kappa shape index (κ1) is 17.7. The van der Waals surface area contributed by atoms with Gasteiger partial charge in [-0.25, -0.2) is 4.79 Å². The number of aryl methyl sites for hydroxylation is 1. The second-order valence-electron chi connectivity index (χ2n) is 6.26. The number of methoxy groups -OCH3 is 2. The number of nitrogens with zero attached hydrogens (tertiary/aromatic N) is 1. The summed E-state index contributed by atoms with van der Waals surface area (Å²) >= 11 is 1.66. The first-order chi connectivity index (χ1) is 13.2. The van der Waals surface area contributed by atoms with Gasteiger partial charge in [-0.1, -0.05) is 6.07 Å². The summed E-state index contributed by atoms with van der Waals surface area (Å²) in [4.78, 5) is 13.7.